The van der Waals surface area contributed by atoms with E-state index in [1.54, 1.807) is 7.11 Å². The molecule has 0 saturated carbocycles. The third-order valence-electron chi connectivity index (χ3n) is 8.55. The number of methoxy groups -OCH3 is 1. The van der Waals surface area contributed by atoms with Gasteiger partial charge >= 0.3 is 0 Å². The largest absolute Gasteiger partial charge is 0.508 e. The highest BCUT2D eigenvalue weighted by Gasteiger charge is 2.29. The molecular weight excluding hydrogens is 518 g/mol. The predicted octanol–water partition coefficient (Wildman–Crippen LogP) is 2.87. The molecule has 3 aromatic rings. The third-order valence-corrected chi connectivity index (χ3v) is 8.55. The summed E-state index contributed by atoms with van der Waals surface area (Å²) >= 11 is 0. The van der Waals surface area contributed by atoms with Gasteiger partial charge in [0.1, 0.15) is 11.6 Å². The van der Waals surface area contributed by atoms with Gasteiger partial charge in [0.15, 0.2) is 0 Å². The Morgan fingerprint density at radius 1 is 1.12 bits per heavy atom. The highest BCUT2D eigenvalue weighted by Crippen LogP contribution is 2.36. The van der Waals surface area contributed by atoms with E-state index < -0.39 is 0 Å². The second-order valence-corrected chi connectivity index (χ2v) is 11.0. The van der Waals surface area contributed by atoms with Crippen molar-refractivity contribution in [1.82, 2.24) is 19.8 Å². The summed E-state index contributed by atoms with van der Waals surface area (Å²) in [6.07, 6.45) is 3.56. The first kappa shape index (κ1) is 27.3. The number of carbonyl (C=O) groups excluding carboxylic acids is 1. The fourth-order valence-electron chi connectivity index (χ4n) is 6.28. The molecule has 41 heavy (non-hydrogen) atoms. The summed E-state index contributed by atoms with van der Waals surface area (Å²) in [6, 6.07) is 11.8. The first-order valence-electron chi connectivity index (χ1n) is 14.5. The fraction of sp³-hybridized carbons (Fsp3) is 0.452. The van der Waals surface area contributed by atoms with Crippen LogP contribution in [0.5, 0.6) is 5.75 Å². The number of nitrogens with one attached hydrogen (secondary N) is 1. The molecule has 216 valence electrons. The lowest BCUT2D eigenvalue weighted by Gasteiger charge is -2.38. The number of piperazine rings is 1. The summed E-state index contributed by atoms with van der Waals surface area (Å²) in [7, 11) is 1.78. The number of aromatic nitrogens is 2. The molecular formula is C31H39N7O3. The molecule has 2 fully saturated rings. The van der Waals surface area contributed by atoms with Crippen LogP contribution in [0.1, 0.15) is 17.7 Å². The van der Waals surface area contributed by atoms with Crippen molar-refractivity contribution in [3.63, 3.8) is 0 Å². The van der Waals surface area contributed by atoms with Crippen molar-refractivity contribution >= 4 is 34.1 Å². The second-order valence-electron chi connectivity index (χ2n) is 11.0. The number of phenols is 1. The zero-order valence-corrected chi connectivity index (χ0v) is 23.8. The van der Waals surface area contributed by atoms with Gasteiger partial charge in [-0.2, -0.15) is 4.98 Å². The number of benzene rings is 2. The summed E-state index contributed by atoms with van der Waals surface area (Å²) < 4.78 is 5.52. The molecule has 0 bridgehead atoms. The van der Waals surface area contributed by atoms with Crippen LogP contribution in [0.25, 0.3) is 10.8 Å². The maximum atomic E-state index is 12.2. The van der Waals surface area contributed by atoms with E-state index in [1.165, 1.54) is 11.6 Å². The summed E-state index contributed by atoms with van der Waals surface area (Å²) in [5, 5.41) is 16.1. The average molecular weight is 558 g/mol. The van der Waals surface area contributed by atoms with Crippen LogP contribution in [0, 0.1) is 0 Å². The van der Waals surface area contributed by atoms with Crippen LogP contribution < -0.4 is 15.1 Å². The summed E-state index contributed by atoms with van der Waals surface area (Å²) in [5.74, 6) is 1.83. The summed E-state index contributed by atoms with van der Waals surface area (Å²) in [4.78, 5) is 31.1. The van der Waals surface area contributed by atoms with E-state index >= 15 is 0 Å². The van der Waals surface area contributed by atoms with Gasteiger partial charge in [0, 0.05) is 88.7 Å². The van der Waals surface area contributed by atoms with Gasteiger partial charge < -0.3 is 29.9 Å². The number of likely N-dealkylation sites (tertiary alicyclic amines) is 1. The predicted molar refractivity (Wildman–Crippen MR) is 162 cm³/mol. The lowest BCUT2D eigenvalue weighted by atomic mass is 10.0. The van der Waals surface area contributed by atoms with Crippen LogP contribution in [-0.4, -0.2) is 103 Å². The van der Waals surface area contributed by atoms with Crippen LogP contribution in [-0.2, 0) is 22.5 Å². The monoisotopic (exact) mass is 557 g/mol. The molecule has 1 amide bonds. The van der Waals surface area contributed by atoms with E-state index in [0.717, 1.165) is 86.6 Å². The van der Waals surface area contributed by atoms with E-state index in [4.69, 9.17) is 14.7 Å². The van der Waals surface area contributed by atoms with E-state index in [2.05, 4.69) is 32.7 Å². The number of amides is 1. The van der Waals surface area contributed by atoms with Crippen molar-refractivity contribution in [3.8, 4) is 5.75 Å². The second kappa shape index (κ2) is 11.9. The van der Waals surface area contributed by atoms with E-state index in [0.29, 0.717) is 31.7 Å². The molecule has 2 N–H and O–H groups in total. The quantitative estimate of drug-likeness (QED) is 0.405. The Balaban J connectivity index is 1.26. The molecule has 2 aromatic carbocycles. The molecule has 1 aromatic heterocycles. The zero-order valence-electron chi connectivity index (χ0n) is 23.8. The topological polar surface area (TPSA) is 97.3 Å². The minimum absolute atomic E-state index is 0.0247. The highest BCUT2D eigenvalue weighted by atomic mass is 16.5. The molecule has 2 saturated heterocycles. The van der Waals surface area contributed by atoms with Crippen LogP contribution >= 0.6 is 0 Å². The Hall–Kier alpha value is -3.89. The minimum atomic E-state index is -0.0247. The Morgan fingerprint density at radius 2 is 1.95 bits per heavy atom. The van der Waals surface area contributed by atoms with Gasteiger partial charge in [0.2, 0.25) is 11.9 Å². The molecule has 6 rings (SSSR count). The molecule has 1 unspecified atom stereocenters. The van der Waals surface area contributed by atoms with Gasteiger partial charge in [-0.15, -0.1) is 0 Å². The normalized spacial score (nSPS) is 19.4. The van der Waals surface area contributed by atoms with Crippen LogP contribution in [0.3, 0.4) is 0 Å². The van der Waals surface area contributed by atoms with E-state index in [1.807, 2.05) is 35.2 Å². The third kappa shape index (κ3) is 5.80. The fourth-order valence-corrected chi connectivity index (χ4v) is 6.28. The number of carbonyl (C=O) groups is 1. The van der Waals surface area contributed by atoms with Crippen LogP contribution in [0.4, 0.5) is 17.5 Å². The number of ether oxygens (including phenoxy) is 1. The molecule has 3 aliphatic rings. The lowest BCUT2D eigenvalue weighted by molar-refractivity contribution is -0.126. The first-order valence-corrected chi connectivity index (χ1v) is 14.5. The van der Waals surface area contributed by atoms with Crippen molar-refractivity contribution in [2.75, 3.05) is 81.1 Å². The zero-order chi connectivity index (χ0) is 28.3. The van der Waals surface area contributed by atoms with Gasteiger partial charge in [0.05, 0.1) is 18.3 Å². The Labute approximate surface area is 241 Å². The van der Waals surface area contributed by atoms with Crippen LogP contribution in [0.2, 0.25) is 0 Å². The molecule has 0 aliphatic carbocycles. The van der Waals surface area contributed by atoms with Gasteiger partial charge in [-0.05, 0) is 30.4 Å². The van der Waals surface area contributed by atoms with E-state index in [-0.39, 0.29) is 11.7 Å². The van der Waals surface area contributed by atoms with Crippen molar-refractivity contribution in [2.24, 2.45) is 0 Å². The molecule has 0 spiro atoms. The SMILES string of the molecule is C=CC(=O)N1CCN(c2nc(NCCN3CCC(OC)C3)nc3c2CCN(c2cc(O)cc4ccccc24)C3)CC1. The Kier molecular flexibility index (Phi) is 7.93. The number of anilines is 3. The Morgan fingerprint density at radius 3 is 2.73 bits per heavy atom. The number of phenolic OH excluding ortho intramolecular Hbond substituents is 1. The minimum Gasteiger partial charge on any atom is -0.508 e. The van der Waals surface area contributed by atoms with Crippen molar-refractivity contribution in [3.05, 3.63) is 60.3 Å². The molecule has 10 heteroatoms. The van der Waals surface area contributed by atoms with Crippen molar-refractivity contribution in [1.29, 1.82) is 0 Å². The van der Waals surface area contributed by atoms with Gasteiger partial charge in [-0.25, -0.2) is 4.98 Å². The van der Waals surface area contributed by atoms with Crippen LogP contribution in [0.15, 0.2) is 49.1 Å². The molecule has 10 nitrogen and oxygen atoms in total. The van der Waals surface area contributed by atoms with Crippen molar-refractivity contribution < 1.29 is 14.6 Å². The van der Waals surface area contributed by atoms with Crippen molar-refractivity contribution in [2.45, 2.75) is 25.5 Å². The maximum absolute atomic E-state index is 12.2. The highest BCUT2D eigenvalue weighted by molar-refractivity contribution is 5.95. The van der Waals surface area contributed by atoms with Gasteiger partial charge in [0.25, 0.3) is 0 Å². The first-order chi connectivity index (χ1) is 20.0. The summed E-state index contributed by atoms with van der Waals surface area (Å²) in [6.45, 7) is 11.4. The van der Waals surface area contributed by atoms with Gasteiger partial charge in [-0.3, -0.25) is 9.69 Å². The number of hydrogen-bond acceptors (Lipinski definition) is 9. The molecule has 0 radical (unpaired) electrons. The number of nitrogens with zero attached hydrogens (tertiary/aromatic N) is 6. The van der Waals surface area contributed by atoms with Gasteiger partial charge in [-0.1, -0.05) is 30.8 Å². The molecule has 4 heterocycles. The maximum Gasteiger partial charge on any atom is 0.246 e. The number of fused-ring (bicyclic) bond motifs is 2. The number of aromatic hydroxyl groups is 1. The smallest absolute Gasteiger partial charge is 0.246 e. The number of hydrogen-bond donors (Lipinski definition) is 2. The average Bonchev–Trinajstić information content (AvgIpc) is 3.47. The van der Waals surface area contributed by atoms with E-state index in [9.17, 15) is 9.90 Å². The summed E-state index contributed by atoms with van der Waals surface area (Å²) in [5.41, 5.74) is 3.18. The molecule has 3 aliphatic heterocycles. The Bertz CT molecular complexity index is 1420. The standard InChI is InChI=1S/C31H39N7O3/c1-3-29(40)36-14-16-37(17-15-36)30-26-9-12-38(28-19-23(39)18-22-6-4-5-7-25(22)28)21-27(26)33-31(34-30)32-10-13-35-11-8-24(20-35)41-2/h3-7,18-19,24,39H,1,8-17,20-21H2,2H3,(H,32,33,34). The molecule has 1 atom stereocenters. The number of rotatable bonds is 8. The lowest BCUT2D eigenvalue weighted by Crippen LogP contribution is -2.49.